The van der Waals surface area contributed by atoms with E-state index >= 15 is 0 Å². The Morgan fingerprint density at radius 2 is 2.29 bits per heavy atom. The predicted molar refractivity (Wildman–Crippen MR) is 60.1 cm³/mol. The molecular formula is C12H16N2. The highest BCUT2D eigenvalue weighted by molar-refractivity contribution is 5.44. The minimum Gasteiger partial charge on any atom is -0.370 e. The van der Waals surface area contributed by atoms with Gasteiger partial charge >= 0.3 is 0 Å². The lowest BCUT2D eigenvalue weighted by molar-refractivity contribution is 0.866. The highest BCUT2D eigenvalue weighted by atomic mass is 15.0. The van der Waals surface area contributed by atoms with E-state index in [1.54, 1.807) is 6.20 Å². The fourth-order valence-corrected chi connectivity index (χ4v) is 1.01. The van der Waals surface area contributed by atoms with E-state index in [9.17, 15) is 0 Å². The number of rotatable bonds is 2. The summed E-state index contributed by atoms with van der Waals surface area (Å²) in [5.74, 6) is 7.54. The van der Waals surface area contributed by atoms with Crippen molar-refractivity contribution in [3.63, 3.8) is 0 Å². The molecule has 0 aliphatic heterocycles. The summed E-state index contributed by atoms with van der Waals surface area (Å²) < 4.78 is 0. The van der Waals surface area contributed by atoms with Gasteiger partial charge in [-0.05, 0) is 19.1 Å². The minimum atomic E-state index is 0.408. The predicted octanol–water partition coefficient (Wildman–Crippen LogP) is 2.52. The van der Waals surface area contributed by atoms with Crippen molar-refractivity contribution < 1.29 is 0 Å². The Labute approximate surface area is 85.8 Å². The summed E-state index contributed by atoms with van der Waals surface area (Å²) in [5.41, 5.74) is 1.02. The lowest BCUT2D eigenvalue weighted by atomic mass is 10.2. The second-order valence-corrected chi connectivity index (χ2v) is 3.38. The Morgan fingerprint density at radius 3 is 2.93 bits per heavy atom. The Kier molecular flexibility index (Phi) is 4.00. The van der Waals surface area contributed by atoms with E-state index in [-0.39, 0.29) is 0 Å². The molecule has 0 unspecified atom stereocenters. The van der Waals surface area contributed by atoms with Crippen molar-refractivity contribution in [1.82, 2.24) is 4.98 Å². The van der Waals surface area contributed by atoms with Gasteiger partial charge in [0, 0.05) is 24.2 Å². The summed E-state index contributed by atoms with van der Waals surface area (Å²) in [7, 11) is 0. The minimum absolute atomic E-state index is 0.408. The van der Waals surface area contributed by atoms with Crippen molar-refractivity contribution in [3.05, 3.63) is 23.9 Å². The molecule has 0 amide bonds. The Balaban J connectivity index is 2.79. The van der Waals surface area contributed by atoms with Gasteiger partial charge in [-0.25, -0.2) is 4.98 Å². The Hall–Kier alpha value is -1.49. The van der Waals surface area contributed by atoms with Crippen LogP contribution in [0, 0.1) is 17.8 Å². The second kappa shape index (κ2) is 5.29. The molecule has 1 N–H and O–H groups in total. The SMILES string of the molecule is CCNc1cc(C#CC(C)C)ccn1. The zero-order chi connectivity index (χ0) is 10.4. The van der Waals surface area contributed by atoms with Crippen molar-refractivity contribution in [2.75, 3.05) is 11.9 Å². The van der Waals surface area contributed by atoms with Gasteiger partial charge in [-0.3, -0.25) is 0 Å². The quantitative estimate of drug-likeness (QED) is 0.721. The molecule has 74 valence electrons. The van der Waals surface area contributed by atoms with Crippen molar-refractivity contribution in [1.29, 1.82) is 0 Å². The first-order valence-corrected chi connectivity index (χ1v) is 4.94. The molecule has 2 heteroatoms. The van der Waals surface area contributed by atoms with E-state index < -0.39 is 0 Å². The van der Waals surface area contributed by atoms with Gasteiger partial charge in [0.1, 0.15) is 5.82 Å². The normalized spacial score (nSPS) is 9.43. The molecule has 0 saturated carbocycles. The van der Waals surface area contributed by atoms with E-state index in [0.717, 1.165) is 17.9 Å². The van der Waals surface area contributed by atoms with Crippen LogP contribution < -0.4 is 5.32 Å². The second-order valence-electron chi connectivity index (χ2n) is 3.38. The molecule has 0 aromatic carbocycles. The molecule has 14 heavy (non-hydrogen) atoms. The van der Waals surface area contributed by atoms with Gasteiger partial charge in [0.05, 0.1) is 0 Å². The monoisotopic (exact) mass is 188 g/mol. The van der Waals surface area contributed by atoms with E-state index in [2.05, 4.69) is 36.0 Å². The Bertz CT molecular complexity index is 345. The van der Waals surface area contributed by atoms with Gasteiger partial charge in [0.2, 0.25) is 0 Å². The third kappa shape index (κ3) is 3.49. The topological polar surface area (TPSA) is 24.9 Å². The van der Waals surface area contributed by atoms with Crippen molar-refractivity contribution in [2.24, 2.45) is 5.92 Å². The van der Waals surface area contributed by atoms with Crippen LogP contribution in [0.25, 0.3) is 0 Å². The zero-order valence-corrected chi connectivity index (χ0v) is 8.96. The van der Waals surface area contributed by atoms with Crippen LogP contribution in [-0.2, 0) is 0 Å². The van der Waals surface area contributed by atoms with Gasteiger partial charge in [-0.1, -0.05) is 25.7 Å². The fraction of sp³-hybridized carbons (Fsp3) is 0.417. The van der Waals surface area contributed by atoms with Crippen molar-refractivity contribution in [2.45, 2.75) is 20.8 Å². The van der Waals surface area contributed by atoms with E-state index in [4.69, 9.17) is 0 Å². The summed E-state index contributed by atoms with van der Waals surface area (Å²) in [6.45, 7) is 7.10. The number of nitrogens with zero attached hydrogens (tertiary/aromatic N) is 1. The largest absolute Gasteiger partial charge is 0.370 e. The summed E-state index contributed by atoms with van der Waals surface area (Å²) >= 11 is 0. The van der Waals surface area contributed by atoms with Gasteiger partial charge < -0.3 is 5.32 Å². The first-order valence-electron chi connectivity index (χ1n) is 4.94. The van der Waals surface area contributed by atoms with Gasteiger partial charge in [0.25, 0.3) is 0 Å². The lowest BCUT2D eigenvalue weighted by Crippen LogP contribution is -1.98. The first kappa shape index (κ1) is 10.6. The van der Waals surface area contributed by atoms with E-state index in [1.807, 2.05) is 19.1 Å². The smallest absolute Gasteiger partial charge is 0.127 e. The van der Waals surface area contributed by atoms with Crippen LogP contribution in [0.4, 0.5) is 5.82 Å². The maximum Gasteiger partial charge on any atom is 0.127 e. The molecule has 1 rings (SSSR count). The first-order chi connectivity index (χ1) is 6.72. The molecular weight excluding hydrogens is 172 g/mol. The number of nitrogens with one attached hydrogen (secondary N) is 1. The third-order valence-corrected chi connectivity index (χ3v) is 1.62. The molecule has 0 fully saturated rings. The van der Waals surface area contributed by atoms with Crippen LogP contribution in [-0.4, -0.2) is 11.5 Å². The summed E-state index contributed by atoms with van der Waals surface area (Å²) in [5, 5.41) is 3.16. The van der Waals surface area contributed by atoms with Crippen LogP contribution in [0.15, 0.2) is 18.3 Å². The molecule has 0 bridgehead atoms. The molecule has 0 aliphatic carbocycles. The van der Waals surface area contributed by atoms with Crippen molar-refractivity contribution >= 4 is 5.82 Å². The van der Waals surface area contributed by atoms with Gasteiger partial charge in [-0.2, -0.15) is 0 Å². The molecule has 0 spiro atoms. The van der Waals surface area contributed by atoms with Gasteiger partial charge in [0.15, 0.2) is 0 Å². The zero-order valence-electron chi connectivity index (χ0n) is 8.96. The number of hydrogen-bond donors (Lipinski definition) is 1. The van der Waals surface area contributed by atoms with Crippen LogP contribution in [0.3, 0.4) is 0 Å². The van der Waals surface area contributed by atoms with Crippen molar-refractivity contribution in [3.8, 4) is 11.8 Å². The third-order valence-electron chi connectivity index (χ3n) is 1.62. The van der Waals surface area contributed by atoms with E-state index in [0.29, 0.717) is 5.92 Å². The average molecular weight is 188 g/mol. The molecule has 0 saturated heterocycles. The summed E-state index contributed by atoms with van der Waals surface area (Å²) in [4.78, 5) is 4.18. The molecule has 0 atom stereocenters. The van der Waals surface area contributed by atoms with E-state index in [1.165, 1.54) is 0 Å². The standard InChI is InChI=1S/C12H16N2/c1-4-13-12-9-11(7-8-14-12)6-5-10(2)3/h7-10H,4H2,1-3H3,(H,13,14). The van der Waals surface area contributed by atoms with Crippen LogP contribution in [0.1, 0.15) is 26.3 Å². The number of pyridine rings is 1. The number of aromatic nitrogens is 1. The highest BCUT2D eigenvalue weighted by Crippen LogP contribution is 2.05. The molecule has 1 aromatic rings. The molecule has 0 radical (unpaired) electrons. The molecule has 0 aliphatic rings. The fourth-order valence-electron chi connectivity index (χ4n) is 1.01. The van der Waals surface area contributed by atoms with Crippen LogP contribution in [0.2, 0.25) is 0 Å². The molecule has 1 aromatic heterocycles. The average Bonchev–Trinajstić information content (AvgIpc) is 2.16. The lowest BCUT2D eigenvalue weighted by Gasteiger charge is -2.00. The number of hydrogen-bond acceptors (Lipinski definition) is 2. The maximum absolute atomic E-state index is 4.18. The summed E-state index contributed by atoms with van der Waals surface area (Å²) in [6.07, 6.45) is 1.78. The summed E-state index contributed by atoms with van der Waals surface area (Å²) in [6, 6.07) is 3.90. The van der Waals surface area contributed by atoms with Crippen LogP contribution >= 0.6 is 0 Å². The molecule has 2 nitrogen and oxygen atoms in total. The maximum atomic E-state index is 4.18. The number of anilines is 1. The van der Waals surface area contributed by atoms with Crippen LogP contribution in [0.5, 0.6) is 0 Å². The molecule has 1 heterocycles. The van der Waals surface area contributed by atoms with Gasteiger partial charge in [-0.15, -0.1) is 0 Å². The Morgan fingerprint density at radius 1 is 1.50 bits per heavy atom. The highest BCUT2D eigenvalue weighted by Gasteiger charge is 1.92.